The van der Waals surface area contributed by atoms with Gasteiger partial charge in [-0.1, -0.05) is 61.9 Å². The molecule has 0 atom stereocenters. The normalized spacial score (nSPS) is 11.1. The molecule has 2 aromatic carbocycles. The van der Waals surface area contributed by atoms with Crippen LogP contribution in [0, 0.1) is 0 Å². The molecule has 102 valence electrons. The van der Waals surface area contributed by atoms with E-state index >= 15 is 0 Å². The topological polar surface area (TPSA) is 4.93 Å². The monoisotopic (exact) mass is 263 g/mol. The third-order valence-corrected chi connectivity index (χ3v) is 3.87. The van der Waals surface area contributed by atoms with Crippen LogP contribution in [0.2, 0.25) is 0 Å². The Morgan fingerprint density at radius 3 is 2.45 bits per heavy atom. The van der Waals surface area contributed by atoms with Crippen LogP contribution in [-0.2, 0) is 13.0 Å². The Morgan fingerprint density at radius 1 is 0.900 bits per heavy atom. The van der Waals surface area contributed by atoms with E-state index in [0.717, 1.165) is 6.54 Å². The minimum absolute atomic E-state index is 0.952. The third-order valence-electron chi connectivity index (χ3n) is 3.87. The summed E-state index contributed by atoms with van der Waals surface area (Å²) in [6.07, 6.45) is 6.03. The Morgan fingerprint density at radius 2 is 1.65 bits per heavy atom. The maximum atomic E-state index is 2.38. The van der Waals surface area contributed by atoms with Crippen molar-refractivity contribution < 1.29 is 0 Å². The smallest absolute Gasteiger partial charge is 0.0486 e. The van der Waals surface area contributed by atoms with Crippen LogP contribution in [0.1, 0.15) is 30.9 Å². The minimum atomic E-state index is 0.952. The van der Waals surface area contributed by atoms with Crippen LogP contribution in [0.25, 0.3) is 10.9 Å². The number of para-hydroxylation sites is 1. The van der Waals surface area contributed by atoms with E-state index in [-0.39, 0.29) is 0 Å². The fraction of sp³-hybridized carbons (Fsp3) is 0.263. The molecule has 0 amide bonds. The van der Waals surface area contributed by atoms with E-state index < -0.39 is 0 Å². The molecule has 0 aliphatic carbocycles. The van der Waals surface area contributed by atoms with Gasteiger partial charge in [0.1, 0.15) is 0 Å². The van der Waals surface area contributed by atoms with E-state index in [1.165, 1.54) is 41.3 Å². The fourth-order valence-corrected chi connectivity index (χ4v) is 2.80. The van der Waals surface area contributed by atoms with Crippen LogP contribution in [-0.4, -0.2) is 4.57 Å². The van der Waals surface area contributed by atoms with Gasteiger partial charge in [0.25, 0.3) is 0 Å². The van der Waals surface area contributed by atoms with Gasteiger partial charge in [0.05, 0.1) is 0 Å². The molecule has 1 heteroatoms. The number of hydrogen-bond acceptors (Lipinski definition) is 0. The van der Waals surface area contributed by atoms with Crippen molar-refractivity contribution >= 4 is 10.9 Å². The summed E-state index contributed by atoms with van der Waals surface area (Å²) in [6.45, 7) is 3.20. The Bertz CT molecular complexity index is 679. The van der Waals surface area contributed by atoms with Gasteiger partial charge in [0, 0.05) is 23.6 Å². The third kappa shape index (κ3) is 2.62. The first-order valence-electron chi connectivity index (χ1n) is 7.49. The second-order valence-corrected chi connectivity index (χ2v) is 5.39. The molecule has 0 bridgehead atoms. The summed E-state index contributed by atoms with van der Waals surface area (Å²) in [4.78, 5) is 0. The summed E-state index contributed by atoms with van der Waals surface area (Å²) in [5, 5.41) is 1.41. The number of nitrogens with zero attached hydrogens (tertiary/aromatic N) is 1. The predicted octanol–water partition coefficient (Wildman–Crippen LogP) is 5.03. The van der Waals surface area contributed by atoms with E-state index in [0.29, 0.717) is 0 Å². The van der Waals surface area contributed by atoms with Gasteiger partial charge in [-0.25, -0.2) is 0 Å². The molecule has 3 rings (SSSR count). The summed E-state index contributed by atoms with van der Waals surface area (Å²) in [5.41, 5.74) is 4.19. The van der Waals surface area contributed by atoms with Gasteiger partial charge < -0.3 is 4.57 Å². The summed E-state index contributed by atoms with van der Waals surface area (Å²) in [6, 6.07) is 19.4. The molecule has 0 saturated carbocycles. The van der Waals surface area contributed by atoms with Crippen molar-refractivity contribution in [2.24, 2.45) is 0 Å². The minimum Gasteiger partial charge on any atom is -0.343 e. The van der Waals surface area contributed by atoms with Gasteiger partial charge in [0.15, 0.2) is 0 Å². The number of rotatable bonds is 5. The molecule has 0 aliphatic heterocycles. The molecular formula is C19H21N. The molecule has 0 spiro atoms. The standard InChI is InChI=1S/C19H21N/c1-2-3-11-17-15-20(14-16-9-5-4-6-10-16)19-13-8-7-12-18(17)19/h4-10,12-13,15H,2-3,11,14H2,1H3. The Labute approximate surface area is 120 Å². The molecule has 0 saturated heterocycles. The summed E-state index contributed by atoms with van der Waals surface area (Å²) in [5.74, 6) is 0. The lowest BCUT2D eigenvalue weighted by Crippen LogP contribution is -1.97. The molecule has 1 aromatic heterocycles. The first-order chi connectivity index (χ1) is 9.88. The van der Waals surface area contributed by atoms with Gasteiger partial charge in [-0.2, -0.15) is 0 Å². The van der Waals surface area contributed by atoms with Gasteiger partial charge in [-0.05, 0) is 30.0 Å². The fourth-order valence-electron chi connectivity index (χ4n) is 2.80. The molecule has 0 unspecified atom stereocenters. The summed E-state index contributed by atoms with van der Waals surface area (Å²) < 4.78 is 2.38. The maximum Gasteiger partial charge on any atom is 0.0486 e. The highest BCUT2D eigenvalue weighted by Gasteiger charge is 2.07. The van der Waals surface area contributed by atoms with Crippen LogP contribution in [0.5, 0.6) is 0 Å². The first kappa shape index (κ1) is 13.0. The zero-order valence-corrected chi connectivity index (χ0v) is 12.0. The van der Waals surface area contributed by atoms with Gasteiger partial charge in [-0.15, -0.1) is 0 Å². The van der Waals surface area contributed by atoms with Crippen molar-refractivity contribution in [2.45, 2.75) is 32.7 Å². The van der Waals surface area contributed by atoms with Crippen molar-refractivity contribution in [3.8, 4) is 0 Å². The zero-order valence-electron chi connectivity index (χ0n) is 12.0. The molecule has 0 N–H and O–H groups in total. The molecule has 1 nitrogen and oxygen atoms in total. The van der Waals surface area contributed by atoms with Gasteiger partial charge >= 0.3 is 0 Å². The van der Waals surface area contributed by atoms with Gasteiger partial charge in [-0.3, -0.25) is 0 Å². The highest BCUT2D eigenvalue weighted by atomic mass is 15.0. The molecule has 0 radical (unpaired) electrons. The number of benzene rings is 2. The largest absolute Gasteiger partial charge is 0.343 e. The van der Waals surface area contributed by atoms with Crippen molar-refractivity contribution in [1.82, 2.24) is 4.57 Å². The summed E-state index contributed by atoms with van der Waals surface area (Å²) >= 11 is 0. The second kappa shape index (κ2) is 5.96. The zero-order chi connectivity index (χ0) is 13.8. The van der Waals surface area contributed by atoms with Crippen LogP contribution in [0.15, 0.2) is 60.8 Å². The Balaban J connectivity index is 1.98. The van der Waals surface area contributed by atoms with Crippen LogP contribution >= 0.6 is 0 Å². The number of hydrogen-bond donors (Lipinski definition) is 0. The lowest BCUT2D eigenvalue weighted by molar-refractivity contribution is 0.784. The molecular weight excluding hydrogens is 242 g/mol. The van der Waals surface area contributed by atoms with E-state index in [9.17, 15) is 0 Å². The molecule has 20 heavy (non-hydrogen) atoms. The number of aromatic nitrogens is 1. The van der Waals surface area contributed by atoms with Crippen molar-refractivity contribution in [1.29, 1.82) is 0 Å². The maximum absolute atomic E-state index is 2.38. The lowest BCUT2D eigenvalue weighted by Gasteiger charge is -2.05. The SMILES string of the molecule is CCCCc1cn(Cc2ccccc2)c2ccccc12. The van der Waals surface area contributed by atoms with Crippen LogP contribution in [0.4, 0.5) is 0 Å². The Kier molecular flexibility index (Phi) is 3.87. The second-order valence-electron chi connectivity index (χ2n) is 5.39. The molecule has 3 aromatic rings. The number of fused-ring (bicyclic) bond motifs is 1. The van der Waals surface area contributed by atoms with E-state index in [4.69, 9.17) is 0 Å². The summed E-state index contributed by atoms with van der Waals surface area (Å²) in [7, 11) is 0. The van der Waals surface area contributed by atoms with Crippen molar-refractivity contribution in [3.05, 3.63) is 71.9 Å². The molecule has 0 fully saturated rings. The molecule has 1 heterocycles. The van der Waals surface area contributed by atoms with Crippen molar-refractivity contribution in [3.63, 3.8) is 0 Å². The Hall–Kier alpha value is -2.02. The van der Waals surface area contributed by atoms with E-state index in [2.05, 4.69) is 72.3 Å². The van der Waals surface area contributed by atoms with E-state index in [1.807, 2.05) is 0 Å². The quantitative estimate of drug-likeness (QED) is 0.608. The molecule has 0 aliphatic rings. The average molecular weight is 263 g/mol. The highest BCUT2D eigenvalue weighted by molar-refractivity contribution is 5.84. The van der Waals surface area contributed by atoms with Gasteiger partial charge in [0.2, 0.25) is 0 Å². The van der Waals surface area contributed by atoms with Crippen molar-refractivity contribution in [2.75, 3.05) is 0 Å². The first-order valence-corrected chi connectivity index (χ1v) is 7.49. The van der Waals surface area contributed by atoms with Crippen LogP contribution in [0.3, 0.4) is 0 Å². The number of aryl methyl sites for hydroxylation is 1. The lowest BCUT2D eigenvalue weighted by atomic mass is 10.1. The van der Waals surface area contributed by atoms with E-state index in [1.54, 1.807) is 0 Å². The highest BCUT2D eigenvalue weighted by Crippen LogP contribution is 2.23. The number of unbranched alkanes of at least 4 members (excludes halogenated alkanes) is 1. The average Bonchev–Trinajstić information content (AvgIpc) is 2.85. The predicted molar refractivity (Wildman–Crippen MR) is 86.1 cm³/mol. The van der Waals surface area contributed by atoms with Crippen LogP contribution < -0.4 is 0 Å².